The van der Waals surface area contributed by atoms with Crippen LogP contribution in [0.4, 0.5) is 5.69 Å². The van der Waals surface area contributed by atoms with E-state index in [0.717, 1.165) is 25.1 Å². The van der Waals surface area contributed by atoms with Gasteiger partial charge in [-0.15, -0.1) is 0 Å². The lowest BCUT2D eigenvalue weighted by Crippen LogP contribution is -2.25. The van der Waals surface area contributed by atoms with Crippen molar-refractivity contribution in [2.24, 2.45) is 0 Å². The van der Waals surface area contributed by atoms with E-state index in [2.05, 4.69) is 27.2 Å². The summed E-state index contributed by atoms with van der Waals surface area (Å²) in [4.78, 5) is 13.8. The summed E-state index contributed by atoms with van der Waals surface area (Å²) in [5.74, 6) is 0.833. The van der Waals surface area contributed by atoms with Gasteiger partial charge in [0, 0.05) is 6.54 Å². The first-order valence-electron chi connectivity index (χ1n) is 6.84. The summed E-state index contributed by atoms with van der Waals surface area (Å²) in [6.45, 7) is 0.863. The van der Waals surface area contributed by atoms with Crippen LogP contribution in [0.15, 0.2) is 35.3 Å². The number of hydrogen-bond acceptors (Lipinski definition) is 4. The molecular weight excluding hydrogens is 290 g/mol. The van der Waals surface area contributed by atoms with Crippen molar-refractivity contribution in [1.82, 2.24) is 10.2 Å². The van der Waals surface area contributed by atoms with Gasteiger partial charge in [-0.1, -0.05) is 23.7 Å². The van der Waals surface area contributed by atoms with Crippen LogP contribution in [0, 0.1) is 0 Å². The molecule has 0 radical (unpaired) electrons. The Balaban J connectivity index is 1.94. The predicted molar refractivity (Wildman–Crippen MR) is 82.2 cm³/mol. The molecule has 1 unspecified atom stereocenters. The zero-order chi connectivity index (χ0) is 14.8. The van der Waals surface area contributed by atoms with Crippen molar-refractivity contribution >= 4 is 17.3 Å². The van der Waals surface area contributed by atoms with Crippen molar-refractivity contribution in [3.8, 4) is 5.75 Å². The molecule has 1 aromatic heterocycles. The van der Waals surface area contributed by atoms with Crippen molar-refractivity contribution in [1.29, 1.82) is 0 Å². The standard InChI is InChI=1S/C15H16ClN3O2/c1-21-11-6-4-10(5-7-11)12-3-2-8-19(12)13-9-17-18-15(20)14(13)16/h4-7,9,12H,2-3,8H2,1H3,(H,18,20). The van der Waals surface area contributed by atoms with Gasteiger partial charge in [-0.3, -0.25) is 4.79 Å². The van der Waals surface area contributed by atoms with Crippen LogP contribution in [0.2, 0.25) is 5.02 Å². The minimum Gasteiger partial charge on any atom is -0.497 e. The number of methoxy groups -OCH3 is 1. The lowest BCUT2D eigenvalue weighted by molar-refractivity contribution is 0.414. The summed E-state index contributed by atoms with van der Waals surface area (Å²) < 4.78 is 5.19. The first-order chi connectivity index (χ1) is 10.2. The number of H-pyrrole nitrogens is 1. The van der Waals surface area contributed by atoms with E-state index in [9.17, 15) is 4.79 Å². The zero-order valence-corrected chi connectivity index (χ0v) is 12.4. The van der Waals surface area contributed by atoms with Gasteiger partial charge in [-0.05, 0) is 30.5 Å². The number of hydrogen-bond donors (Lipinski definition) is 1. The summed E-state index contributed by atoms with van der Waals surface area (Å²) in [6.07, 6.45) is 3.70. The van der Waals surface area contributed by atoms with Crippen molar-refractivity contribution in [3.05, 3.63) is 51.4 Å². The number of anilines is 1. The average molecular weight is 306 g/mol. The molecule has 2 heterocycles. The van der Waals surface area contributed by atoms with Crippen LogP contribution in [-0.2, 0) is 0 Å². The second-order valence-electron chi connectivity index (χ2n) is 5.02. The monoisotopic (exact) mass is 305 g/mol. The summed E-state index contributed by atoms with van der Waals surface area (Å²) >= 11 is 6.13. The van der Waals surface area contributed by atoms with Gasteiger partial charge in [0.05, 0.1) is 25.0 Å². The largest absolute Gasteiger partial charge is 0.497 e. The third kappa shape index (κ3) is 2.61. The van der Waals surface area contributed by atoms with Gasteiger partial charge in [-0.2, -0.15) is 5.10 Å². The lowest BCUT2D eigenvalue weighted by atomic mass is 10.0. The quantitative estimate of drug-likeness (QED) is 0.947. The zero-order valence-electron chi connectivity index (χ0n) is 11.7. The Hall–Kier alpha value is -2.01. The molecule has 2 aromatic rings. The molecule has 1 aromatic carbocycles. The van der Waals surface area contributed by atoms with Crippen LogP contribution in [0.1, 0.15) is 24.4 Å². The molecule has 1 aliphatic heterocycles. The molecule has 0 amide bonds. The minimum atomic E-state index is -0.352. The smallest absolute Gasteiger partial charge is 0.285 e. The van der Waals surface area contributed by atoms with Crippen LogP contribution in [0.5, 0.6) is 5.75 Å². The molecule has 0 aliphatic carbocycles. The molecule has 6 heteroatoms. The minimum absolute atomic E-state index is 0.199. The van der Waals surface area contributed by atoms with E-state index in [1.165, 1.54) is 5.56 Å². The van der Waals surface area contributed by atoms with Crippen molar-refractivity contribution < 1.29 is 4.74 Å². The van der Waals surface area contributed by atoms with E-state index in [4.69, 9.17) is 16.3 Å². The number of aromatic nitrogens is 2. The molecule has 1 N–H and O–H groups in total. The van der Waals surface area contributed by atoms with Crippen LogP contribution < -0.4 is 15.2 Å². The number of nitrogens with zero attached hydrogens (tertiary/aromatic N) is 2. The Kier molecular flexibility index (Phi) is 3.84. The highest BCUT2D eigenvalue weighted by molar-refractivity contribution is 6.33. The van der Waals surface area contributed by atoms with Crippen molar-refractivity contribution in [2.45, 2.75) is 18.9 Å². The van der Waals surface area contributed by atoms with Crippen LogP contribution >= 0.6 is 11.6 Å². The highest BCUT2D eigenvalue weighted by Crippen LogP contribution is 2.38. The maximum Gasteiger partial charge on any atom is 0.285 e. The molecule has 3 rings (SSSR count). The normalized spacial score (nSPS) is 18.0. The highest BCUT2D eigenvalue weighted by Gasteiger charge is 2.28. The Morgan fingerprint density at radius 2 is 2.14 bits per heavy atom. The molecular formula is C15H16ClN3O2. The average Bonchev–Trinajstić information content (AvgIpc) is 2.99. The number of ether oxygens (including phenoxy) is 1. The fraction of sp³-hybridized carbons (Fsp3) is 0.333. The Morgan fingerprint density at radius 1 is 1.38 bits per heavy atom. The summed E-state index contributed by atoms with van der Waals surface area (Å²) in [7, 11) is 1.65. The molecule has 5 nitrogen and oxygen atoms in total. The van der Waals surface area contributed by atoms with Gasteiger partial charge < -0.3 is 9.64 Å². The molecule has 0 spiro atoms. The number of benzene rings is 1. The van der Waals surface area contributed by atoms with Crippen LogP contribution in [0.3, 0.4) is 0 Å². The first kappa shape index (κ1) is 13.9. The number of rotatable bonds is 3. The lowest BCUT2D eigenvalue weighted by Gasteiger charge is -2.27. The number of aromatic amines is 1. The third-order valence-electron chi connectivity index (χ3n) is 3.84. The van der Waals surface area contributed by atoms with Crippen LogP contribution in [0.25, 0.3) is 0 Å². The third-order valence-corrected chi connectivity index (χ3v) is 4.21. The molecule has 1 atom stereocenters. The van der Waals surface area contributed by atoms with E-state index in [1.54, 1.807) is 13.3 Å². The van der Waals surface area contributed by atoms with Crippen molar-refractivity contribution in [3.63, 3.8) is 0 Å². The molecule has 1 fully saturated rings. The van der Waals surface area contributed by atoms with Crippen LogP contribution in [-0.4, -0.2) is 23.9 Å². The number of halogens is 1. The van der Waals surface area contributed by atoms with E-state index in [0.29, 0.717) is 5.69 Å². The van der Waals surface area contributed by atoms with Gasteiger partial charge in [0.15, 0.2) is 0 Å². The summed E-state index contributed by atoms with van der Waals surface area (Å²) in [6, 6.07) is 8.21. The summed E-state index contributed by atoms with van der Waals surface area (Å²) in [5, 5.41) is 6.41. The molecule has 21 heavy (non-hydrogen) atoms. The maximum atomic E-state index is 11.6. The van der Waals surface area contributed by atoms with E-state index in [-0.39, 0.29) is 16.6 Å². The highest BCUT2D eigenvalue weighted by atomic mass is 35.5. The van der Waals surface area contributed by atoms with Crippen molar-refractivity contribution in [2.75, 3.05) is 18.6 Å². The molecule has 0 saturated carbocycles. The second-order valence-corrected chi connectivity index (χ2v) is 5.40. The first-order valence-corrected chi connectivity index (χ1v) is 7.22. The summed E-state index contributed by atoms with van der Waals surface area (Å²) in [5.41, 5.74) is 1.53. The topological polar surface area (TPSA) is 58.2 Å². The molecule has 1 saturated heterocycles. The fourth-order valence-electron chi connectivity index (χ4n) is 2.80. The molecule has 0 bridgehead atoms. The maximum absolute atomic E-state index is 11.6. The van der Waals surface area contributed by atoms with E-state index in [1.807, 2.05) is 12.1 Å². The van der Waals surface area contributed by atoms with Gasteiger partial charge in [0.25, 0.3) is 5.56 Å². The van der Waals surface area contributed by atoms with Gasteiger partial charge in [0.1, 0.15) is 10.8 Å². The van der Waals surface area contributed by atoms with Gasteiger partial charge in [-0.25, -0.2) is 5.10 Å². The van der Waals surface area contributed by atoms with E-state index >= 15 is 0 Å². The Bertz CT molecular complexity index is 684. The van der Waals surface area contributed by atoms with Gasteiger partial charge in [0.2, 0.25) is 0 Å². The Labute approximate surface area is 127 Å². The fourth-order valence-corrected chi connectivity index (χ4v) is 3.00. The second kappa shape index (κ2) is 5.77. The predicted octanol–water partition coefficient (Wildman–Crippen LogP) is 2.77. The SMILES string of the molecule is COc1ccc(C2CCCN2c2cn[nH]c(=O)c2Cl)cc1. The molecule has 1 aliphatic rings. The Morgan fingerprint density at radius 3 is 2.86 bits per heavy atom. The number of nitrogens with one attached hydrogen (secondary N) is 1. The molecule has 110 valence electrons. The van der Waals surface area contributed by atoms with Gasteiger partial charge >= 0.3 is 0 Å². The van der Waals surface area contributed by atoms with E-state index < -0.39 is 0 Å².